The van der Waals surface area contributed by atoms with E-state index in [1.165, 1.54) is 0 Å². The number of amides is 1. The van der Waals surface area contributed by atoms with E-state index in [1.54, 1.807) is 13.8 Å². The van der Waals surface area contributed by atoms with Crippen molar-refractivity contribution in [2.24, 2.45) is 5.92 Å². The molecule has 0 bridgehead atoms. The topological polar surface area (TPSA) is 92.8 Å². The normalized spacial score (nSPS) is 28.4. The molecule has 8 heteroatoms. The van der Waals surface area contributed by atoms with Gasteiger partial charge in [0.15, 0.2) is 9.84 Å². The summed E-state index contributed by atoms with van der Waals surface area (Å²) < 4.78 is 28.2. The predicted molar refractivity (Wildman–Crippen MR) is 85.6 cm³/mol. The lowest BCUT2D eigenvalue weighted by Gasteiger charge is -2.31. The van der Waals surface area contributed by atoms with Crippen molar-refractivity contribution < 1.29 is 22.7 Å². The van der Waals surface area contributed by atoms with Crippen molar-refractivity contribution in [3.63, 3.8) is 0 Å². The molecule has 2 rings (SSSR count). The van der Waals surface area contributed by atoms with Crippen LogP contribution in [0.4, 0.5) is 0 Å². The van der Waals surface area contributed by atoms with Crippen molar-refractivity contribution >= 4 is 21.7 Å². The molecule has 2 aliphatic heterocycles. The van der Waals surface area contributed by atoms with E-state index in [4.69, 9.17) is 4.74 Å². The zero-order valence-electron chi connectivity index (χ0n) is 13.8. The van der Waals surface area contributed by atoms with Crippen molar-refractivity contribution in [2.75, 3.05) is 37.7 Å². The number of hydrogen-bond donors (Lipinski definition) is 1. The summed E-state index contributed by atoms with van der Waals surface area (Å²) in [5.41, 5.74) is -0.654. The van der Waals surface area contributed by atoms with E-state index >= 15 is 0 Å². The number of nitrogens with one attached hydrogen (secondary N) is 1. The fourth-order valence-electron chi connectivity index (χ4n) is 3.28. The molecule has 0 aromatic heterocycles. The first kappa shape index (κ1) is 18.2. The van der Waals surface area contributed by atoms with Crippen molar-refractivity contribution in [1.82, 2.24) is 10.2 Å². The maximum atomic E-state index is 12.2. The maximum absolute atomic E-state index is 12.2. The second kappa shape index (κ2) is 7.17. The first-order valence-corrected chi connectivity index (χ1v) is 9.95. The fourth-order valence-corrected chi connectivity index (χ4v) is 5.37. The number of rotatable bonds is 5. The van der Waals surface area contributed by atoms with Crippen LogP contribution in [0.1, 0.15) is 33.1 Å². The van der Waals surface area contributed by atoms with Crippen LogP contribution in [0.5, 0.6) is 0 Å². The number of sulfone groups is 1. The standard InChI is InChI=1S/C15H26N2O5S/c1-3-22-14(19)12-4-7-17(8-5-12)10-13(18)16-15(2)6-9-23(20,21)11-15/h12H,3-11H2,1-2H3,(H,16,18)/t15-/m1/s1. The third-order valence-corrected chi connectivity index (χ3v) is 6.42. The van der Waals surface area contributed by atoms with Gasteiger partial charge in [-0.05, 0) is 46.2 Å². The Morgan fingerprint density at radius 2 is 1.96 bits per heavy atom. The lowest BCUT2D eigenvalue weighted by atomic mass is 9.97. The van der Waals surface area contributed by atoms with Crippen LogP contribution in [-0.2, 0) is 24.2 Å². The second-order valence-corrected chi connectivity index (χ2v) is 8.94. The number of nitrogens with zero attached hydrogens (tertiary/aromatic N) is 1. The largest absolute Gasteiger partial charge is 0.466 e. The summed E-state index contributed by atoms with van der Waals surface area (Å²) in [7, 11) is -3.03. The molecule has 0 aliphatic carbocycles. The number of ether oxygens (including phenoxy) is 1. The third-order valence-electron chi connectivity index (χ3n) is 4.52. The lowest BCUT2D eigenvalue weighted by Crippen LogP contribution is -2.51. The van der Waals surface area contributed by atoms with Crippen LogP contribution in [0.25, 0.3) is 0 Å². The number of carbonyl (C=O) groups excluding carboxylic acids is 2. The van der Waals surface area contributed by atoms with Gasteiger partial charge in [-0.15, -0.1) is 0 Å². The highest BCUT2D eigenvalue weighted by Gasteiger charge is 2.39. The van der Waals surface area contributed by atoms with Gasteiger partial charge < -0.3 is 10.1 Å². The number of hydrogen-bond acceptors (Lipinski definition) is 6. The smallest absolute Gasteiger partial charge is 0.309 e. The molecular formula is C15H26N2O5S. The molecule has 1 atom stereocenters. The van der Waals surface area contributed by atoms with Gasteiger partial charge in [-0.3, -0.25) is 14.5 Å². The SMILES string of the molecule is CCOC(=O)C1CCN(CC(=O)N[C@]2(C)CCS(=O)(=O)C2)CC1. The molecule has 132 valence electrons. The molecule has 0 saturated carbocycles. The van der Waals surface area contributed by atoms with Gasteiger partial charge >= 0.3 is 5.97 Å². The lowest BCUT2D eigenvalue weighted by molar-refractivity contribution is -0.149. The van der Waals surface area contributed by atoms with Crippen molar-refractivity contribution in [3.8, 4) is 0 Å². The highest BCUT2D eigenvalue weighted by molar-refractivity contribution is 7.91. The Labute approximate surface area is 137 Å². The highest BCUT2D eigenvalue weighted by atomic mass is 32.2. The van der Waals surface area contributed by atoms with Crippen LogP contribution in [0.15, 0.2) is 0 Å². The zero-order valence-corrected chi connectivity index (χ0v) is 14.7. The molecule has 2 saturated heterocycles. The van der Waals surface area contributed by atoms with Gasteiger partial charge in [0, 0.05) is 0 Å². The van der Waals surface area contributed by atoms with E-state index in [2.05, 4.69) is 5.32 Å². The molecule has 0 aromatic rings. The van der Waals surface area contributed by atoms with E-state index in [-0.39, 0.29) is 35.8 Å². The molecule has 2 aliphatic rings. The highest BCUT2D eigenvalue weighted by Crippen LogP contribution is 2.23. The van der Waals surface area contributed by atoms with Gasteiger partial charge in [-0.25, -0.2) is 8.42 Å². The Kier molecular flexibility index (Phi) is 5.67. The number of carbonyl (C=O) groups is 2. The van der Waals surface area contributed by atoms with Gasteiger partial charge in [0.05, 0.1) is 36.1 Å². The minimum absolute atomic E-state index is 0.0106. The Balaban J connectivity index is 1.76. The van der Waals surface area contributed by atoms with Gasteiger partial charge in [0.2, 0.25) is 5.91 Å². The second-order valence-electron chi connectivity index (χ2n) is 6.75. The molecule has 2 heterocycles. The molecule has 1 N–H and O–H groups in total. The predicted octanol–water partition coefficient (Wildman–Crippen LogP) is -0.0451. The summed E-state index contributed by atoms with van der Waals surface area (Å²) in [5.74, 6) is -0.239. The minimum Gasteiger partial charge on any atom is -0.466 e. The molecule has 7 nitrogen and oxygen atoms in total. The van der Waals surface area contributed by atoms with Crippen molar-refractivity contribution in [2.45, 2.75) is 38.6 Å². The zero-order chi connectivity index (χ0) is 17.1. The minimum atomic E-state index is -3.03. The molecule has 23 heavy (non-hydrogen) atoms. The maximum Gasteiger partial charge on any atom is 0.309 e. The van der Waals surface area contributed by atoms with Gasteiger partial charge in [-0.2, -0.15) is 0 Å². The molecule has 0 spiro atoms. The number of piperidine rings is 1. The van der Waals surface area contributed by atoms with Crippen molar-refractivity contribution in [1.29, 1.82) is 0 Å². The Morgan fingerprint density at radius 1 is 1.30 bits per heavy atom. The van der Waals surface area contributed by atoms with Crippen LogP contribution in [0.2, 0.25) is 0 Å². The summed E-state index contributed by atoms with van der Waals surface area (Å²) >= 11 is 0. The molecule has 0 unspecified atom stereocenters. The molecule has 0 radical (unpaired) electrons. The average Bonchev–Trinajstić information content (AvgIpc) is 2.73. The third kappa shape index (κ3) is 5.17. The molecule has 2 fully saturated rings. The van der Waals surface area contributed by atoms with Gasteiger partial charge in [0.1, 0.15) is 0 Å². The van der Waals surface area contributed by atoms with Crippen LogP contribution in [0, 0.1) is 5.92 Å². The molecule has 0 aromatic carbocycles. The summed E-state index contributed by atoms with van der Waals surface area (Å²) in [5, 5.41) is 2.86. The molecular weight excluding hydrogens is 320 g/mol. The monoisotopic (exact) mass is 346 g/mol. The fraction of sp³-hybridized carbons (Fsp3) is 0.867. The van der Waals surface area contributed by atoms with E-state index < -0.39 is 15.4 Å². The number of likely N-dealkylation sites (tertiary alicyclic amines) is 1. The average molecular weight is 346 g/mol. The van der Waals surface area contributed by atoms with E-state index in [0.717, 1.165) is 0 Å². The van der Waals surface area contributed by atoms with Crippen LogP contribution in [0.3, 0.4) is 0 Å². The summed E-state index contributed by atoms with van der Waals surface area (Å²) in [6, 6.07) is 0. The Morgan fingerprint density at radius 3 is 2.48 bits per heavy atom. The van der Waals surface area contributed by atoms with E-state index in [1.807, 2.05) is 4.90 Å². The summed E-state index contributed by atoms with van der Waals surface area (Å²) in [6.45, 7) is 5.55. The van der Waals surface area contributed by atoms with Crippen LogP contribution in [-0.4, -0.2) is 68.5 Å². The molecule has 1 amide bonds. The van der Waals surface area contributed by atoms with Gasteiger partial charge in [0.25, 0.3) is 0 Å². The Bertz CT molecular complexity index is 554. The van der Waals surface area contributed by atoms with Crippen molar-refractivity contribution in [3.05, 3.63) is 0 Å². The van der Waals surface area contributed by atoms with E-state index in [0.29, 0.717) is 39.0 Å². The first-order valence-electron chi connectivity index (χ1n) is 8.13. The first-order chi connectivity index (χ1) is 10.7. The summed E-state index contributed by atoms with van der Waals surface area (Å²) in [6.07, 6.45) is 1.85. The van der Waals surface area contributed by atoms with Gasteiger partial charge in [-0.1, -0.05) is 0 Å². The van der Waals surface area contributed by atoms with Crippen LogP contribution >= 0.6 is 0 Å². The summed E-state index contributed by atoms with van der Waals surface area (Å²) in [4.78, 5) is 25.8. The number of esters is 1. The quantitative estimate of drug-likeness (QED) is 0.702. The van der Waals surface area contributed by atoms with E-state index in [9.17, 15) is 18.0 Å². The Hall–Kier alpha value is -1.15. The van der Waals surface area contributed by atoms with Crippen LogP contribution < -0.4 is 5.32 Å².